The Kier molecular flexibility index (Phi) is 3.78. The first-order valence-corrected chi connectivity index (χ1v) is 8.11. The first kappa shape index (κ1) is 15.1. The Labute approximate surface area is 145 Å². The van der Waals surface area contributed by atoms with Gasteiger partial charge in [-0.25, -0.2) is 9.66 Å². The molecule has 0 saturated heterocycles. The van der Waals surface area contributed by atoms with Crippen molar-refractivity contribution in [1.29, 1.82) is 0 Å². The number of benzene rings is 2. The van der Waals surface area contributed by atoms with Gasteiger partial charge in [0.05, 0.1) is 5.69 Å². The van der Waals surface area contributed by atoms with E-state index in [1.54, 1.807) is 15.9 Å². The largest absolute Gasteiger partial charge is 0.277 e. The fourth-order valence-electron chi connectivity index (χ4n) is 3.01. The molecule has 2 heterocycles. The van der Waals surface area contributed by atoms with Gasteiger partial charge in [-0.1, -0.05) is 54.6 Å². The molecule has 2 aromatic heterocycles. The Hall–Kier alpha value is -3.40. The minimum absolute atomic E-state index is 0.0647. The third-order valence-electron chi connectivity index (χ3n) is 4.25. The van der Waals surface area contributed by atoms with Crippen LogP contribution in [0.1, 0.15) is 0 Å². The predicted molar refractivity (Wildman–Crippen MR) is 102 cm³/mol. The van der Waals surface area contributed by atoms with Crippen molar-refractivity contribution in [1.82, 2.24) is 9.66 Å². The Morgan fingerprint density at radius 2 is 1.60 bits per heavy atom. The molecule has 4 aromatic rings. The summed E-state index contributed by atoms with van der Waals surface area (Å²) in [4.78, 5) is 17.6. The van der Waals surface area contributed by atoms with Gasteiger partial charge in [-0.3, -0.25) is 9.80 Å². The molecule has 0 bridgehead atoms. The van der Waals surface area contributed by atoms with Crippen molar-refractivity contribution < 1.29 is 0 Å². The van der Waals surface area contributed by atoms with Crippen LogP contribution in [0.25, 0.3) is 22.0 Å². The van der Waals surface area contributed by atoms with Crippen LogP contribution in [0.3, 0.4) is 0 Å². The smallest absolute Gasteiger partial charge is 0.267 e. The SMILES string of the molecule is CN(c1ccccn1)n1c(-c2ccccc2)cc2ccccc2c1=O. The van der Waals surface area contributed by atoms with E-state index in [1.807, 2.05) is 85.9 Å². The van der Waals surface area contributed by atoms with Crippen LogP contribution in [-0.2, 0) is 0 Å². The summed E-state index contributed by atoms with van der Waals surface area (Å²) in [5, 5.41) is 3.40. The molecule has 0 unspecified atom stereocenters. The van der Waals surface area contributed by atoms with Gasteiger partial charge in [-0.15, -0.1) is 0 Å². The van der Waals surface area contributed by atoms with Gasteiger partial charge in [0.1, 0.15) is 5.82 Å². The lowest BCUT2D eigenvalue weighted by atomic mass is 10.1. The number of hydrogen-bond donors (Lipinski definition) is 0. The number of hydrogen-bond acceptors (Lipinski definition) is 3. The molecule has 122 valence electrons. The quantitative estimate of drug-likeness (QED) is 0.571. The normalized spacial score (nSPS) is 10.8. The average molecular weight is 327 g/mol. The highest BCUT2D eigenvalue weighted by Crippen LogP contribution is 2.23. The molecule has 2 aromatic carbocycles. The second kappa shape index (κ2) is 6.24. The maximum Gasteiger partial charge on any atom is 0.277 e. The van der Waals surface area contributed by atoms with Crippen LogP contribution >= 0.6 is 0 Å². The first-order chi connectivity index (χ1) is 12.3. The Bertz CT molecular complexity index is 1070. The summed E-state index contributed by atoms with van der Waals surface area (Å²) < 4.78 is 1.68. The number of pyridine rings is 2. The predicted octanol–water partition coefficient (Wildman–Crippen LogP) is 3.96. The molecule has 0 aliphatic carbocycles. The third-order valence-corrected chi connectivity index (χ3v) is 4.25. The van der Waals surface area contributed by atoms with Gasteiger partial charge >= 0.3 is 0 Å². The summed E-state index contributed by atoms with van der Waals surface area (Å²) in [6.07, 6.45) is 1.72. The van der Waals surface area contributed by atoms with Crippen molar-refractivity contribution in [3.05, 3.63) is 95.4 Å². The van der Waals surface area contributed by atoms with Crippen molar-refractivity contribution in [2.75, 3.05) is 12.1 Å². The van der Waals surface area contributed by atoms with E-state index < -0.39 is 0 Å². The van der Waals surface area contributed by atoms with Crippen molar-refractivity contribution in [2.24, 2.45) is 0 Å². The van der Waals surface area contributed by atoms with E-state index in [2.05, 4.69) is 4.98 Å². The third kappa shape index (κ3) is 2.68. The van der Waals surface area contributed by atoms with Crippen molar-refractivity contribution in [3.8, 4) is 11.3 Å². The number of fused-ring (bicyclic) bond motifs is 1. The Morgan fingerprint density at radius 3 is 2.36 bits per heavy atom. The maximum atomic E-state index is 13.2. The molecule has 0 radical (unpaired) electrons. The monoisotopic (exact) mass is 327 g/mol. The van der Waals surface area contributed by atoms with Crippen molar-refractivity contribution in [3.63, 3.8) is 0 Å². The first-order valence-electron chi connectivity index (χ1n) is 8.11. The molecular weight excluding hydrogens is 310 g/mol. The van der Waals surface area contributed by atoms with E-state index >= 15 is 0 Å². The van der Waals surface area contributed by atoms with E-state index in [4.69, 9.17) is 0 Å². The van der Waals surface area contributed by atoms with E-state index in [-0.39, 0.29) is 5.56 Å². The molecule has 4 nitrogen and oxygen atoms in total. The van der Waals surface area contributed by atoms with Crippen LogP contribution in [0.15, 0.2) is 89.9 Å². The van der Waals surface area contributed by atoms with Crippen molar-refractivity contribution >= 4 is 16.6 Å². The molecule has 0 fully saturated rings. The number of nitrogens with zero attached hydrogens (tertiary/aromatic N) is 3. The summed E-state index contributed by atoms with van der Waals surface area (Å²) >= 11 is 0. The van der Waals surface area contributed by atoms with Gasteiger partial charge in [0.15, 0.2) is 0 Å². The van der Waals surface area contributed by atoms with Crippen LogP contribution in [-0.4, -0.2) is 16.7 Å². The minimum Gasteiger partial charge on any atom is -0.267 e. The molecule has 25 heavy (non-hydrogen) atoms. The van der Waals surface area contributed by atoms with Gasteiger partial charge < -0.3 is 0 Å². The zero-order chi connectivity index (χ0) is 17.2. The second-order valence-electron chi connectivity index (χ2n) is 5.81. The lowest BCUT2D eigenvalue weighted by Crippen LogP contribution is -2.37. The fourth-order valence-corrected chi connectivity index (χ4v) is 3.01. The highest BCUT2D eigenvalue weighted by atomic mass is 16.1. The van der Waals surface area contributed by atoms with Gasteiger partial charge in [0.25, 0.3) is 5.56 Å². The second-order valence-corrected chi connectivity index (χ2v) is 5.81. The molecule has 0 aliphatic heterocycles. The fraction of sp³-hybridized carbons (Fsp3) is 0.0476. The summed E-state index contributed by atoms with van der Waals surface area (Å²) in [6.45, 7) is 0. The maximum absolute atomic E-state index is 13.2. The molecule has 4 rings (SSSR count). The molecule has 0 spiro atoms. The molecule has 0 aliphatic rings. The number of rotatable bonds is 3. The minimum atomic E-state index is -0.0647. The van der Waals surface area contributed by atoms with Crippen LogP contribution < -0.4 is 10.6 Å². The summed E-state index contributed by atoms with van der Waals surface area (Å²) in [5.41, 5.74) is 1.75. The lowest BCUT2D eigenvalue weighted by Gasteiger charge is -2.24. The number of aromatic nitrogens is 2. The van der Waals surface area contributed by atoms with Gasteiger partial charge in [-0.2, -0.15) is 0 Å². The Balaban J connectivity index is 2.04. The van der Waals surface area contributed by atoms with Gasteiger partial charge in [0, 0.05) is 24.2 Å². The van der Waals surface area contributed by atoms with Crippen LogP contribution in [0.4, 0.5) is 5.82 Å². The van der Waals surface area contributed by atoms with Crippen LogP contribution in [0, 0.1) is 0 Å². The van der Waals surface area contributed by atoms with E-state index in [0.29, 0.717) is 11.2 Å². The molecular formula is C21H17N3O. The standard InChI is InChI=1S/C21H17N3O/c1-23(20-13-7-8-14-22-20)24-19(16-9-3-2-4-10-16)15-17-11-5-6-12-18(17)21(24)25/h2-15H,1H3. The van der Waals surface area contributed by atoms with Gasteiger partial charge in [0.2, 0.25) is 0 Å². The molecule has 0 saturated carbocycles. The highest BCUT2D eigenvalue weighted by molar-refractivity contribution is 5.85. The number of anilines is 1. The Morgan fingerprint density at radius 1 is 0.880 bits per heavy atom. The zero-order valence-corrected chi connectivity index (χ0v) is 13.8. The highest BCUT2D eigenvalue weighted by Gasteiger charge is 2.15. The molecule has 0 atom stereocenters. The van der Waals surface area contributed by atoms with Crippen LogP contribution in [0.2, 0.25) is 0 Å². The van der Waals surface area contributed by atoms with E-state index in [9.17, 15) is 4.79 Å². The van der Waals surface area contributed by atoms with Crippen LogP contribution in [0.5, 0.6) is 0 Å². The molecule has 0 amide bonds. The average Bonchev–Trinajstić information content (AvgIpc) is 2.69. The summed E-state index contributed by atoms with van der Waals surface area (Å²) in [5.74, 6) is 0.706. The molecule has 0 N–H and O–H groups in total. The summed E-state index contributed by atoms with van der Waals surface area (Å²) in [7, 11) is 1.85. The van der Waals surface area contributed by atoms with Gasteiger partial charge in [-0.05, 0) is 29.7 Å². The topological polar surface area (TPSA) is 38.1 Å². The summed E-state index contributed by atoms with van der Waals surface area (Å²) in [6, 6.07) is 25.3. The zero-order valence-electron chi connectivity index (χ0n) is 13.8. The van der Waals surface area contributed by atoms with Crippen molar-refractivity contribution in [2.45, 2.75) is 0 Å². The van der Waals surface area contributed by atoms with E-state index in [0.717, 1.165) is 16.6 Å². The molecule has 4 heteroatoms. The van der Waals surface area contributed by atoms with E-state index in [1.165, 1.54) is 0 Å². The lowest BCUT2D eigenvalue weighted by molar-refractivity contribution is 0.742.